The first-order chi connectivity index (χ1) is 3.88. The number of allylic oxidation sites excluding steroid dienone is 2. The van der Waals surface area contributed by atoms with Gasteiger partial charge in [-0.3, -0.25) is 0 Å². The van der Waals surface area contributed by atoms with Crippen LogP contribution in [-0.4, -0.2) is 0 Å². The van der Waals surface area contributed by atoms with Gasteiger partial charge in [-0.05, 0) is 19.8 Å². The van der Waals surface area contributed by atoms with Crippen molar-refractivity contribution in [3.63, 3.8) is 0 Å². The molecule has 0 aromatic rings. The van der Waals surface area contributed by atoms with Gasteiger partial charge in [0.15, 0.2) is 0 Å². The normalized spacial score (nSPS) is 31.5. The summed E-state index contributed by atoms with van der Waals surface area (Å²) in [5.41, 5.74) is 1.33. The van der Waals surface area contributed by atoms with Gasteiger partial charge in [-0.1, -0.05) is 11.6 Å². The Labute approximate surface area is 49.6 Å². The maximum atomic E-state index is 8.40. The molecule has 0 radical (unpaired) electrons. The van der Waals surface area contributed by atoms with Gasteiger partial charge in [0, 0.05) is 0 Å². The van der Waals surface area contributed by atoms with E-state index in [9.17, 15) is 0 Å². The van der Waals surface area contributed by atoms with E-state index >= 15 is 0 Å². The van der Waals surface area contributed by atoms with Crippen LogP contribution in [0.15, 0.2) is 11.6 Å². The summed E-state index contributed by atoms with van der Waals surface area (Å²) in [6.07, 6.45) is 4.28. The summed E-state index contributed by atoms with van der Waals surface area (Å²) in [5.74, 6) is 0.264. The molecule has 42 valence electrons. The van der Waals surface area contributed by atoms with E-state index in [1.54, 1.807) is 0 Å². The van der Waals surface area contributed by atoms with Gasteiger partial charge in [-0.15, -0.1) is 0 Å². The first kappa shape index (κ1) is 5.37. The maximum absolute atomic E-state index is 8.40. The number of hydrogen-bond acceptors (Lipinski definition) is 1. The molecule has 0 N–H and O–H groups in total. The number of rotatable bonds is 0. The standard InChI is InChI=1S/C7H9N/c1-2-6-3-4-7(6)5-8/h2,7H,3-4H2,1H3. The fraction of sp³-hybridized carbons (Fsp3) is 0.571. The van der Waals surface area contributed by atoms with Crippen molar-refractivity contribution in [3.8, 4) is 6.07 Å². The summed E-state index contributed by atoms with van der Waals surface area (Å²) in [6.45, 7) is 2.00. The SMILES string of the molecule is CC=C1CCC1C#N. The molecular formula is C7H9N. The molecule has 1 atom stereocenters. The van der Waals surface area contributed by atoms with Crippen molar-refractivity contribution in [3.05, 3.63) is 11.6 Å². The van der Waals surface area contributed by atoms with Crippen LogP contribution in [0.4, 0.5) is 0 Å². The molecule has 1 saturated carbocycles. The molecule has 1 fully saturated rings. The third-order valence-electron chi connectivity index (χ3n) is 1.70. The summed E-state index contributed by atoms with van der Waals surface area (Å²) >= 11 is 0. The predicted octanol–water partition coefficient (Wildman–Crippen LogP) is 1.87. The topological polar surface area (TPSA) is 23.8 Å². The summed E-state index contributed by atoms with van der Waals surface area (Å²) in [5, 5.41) is 8.40. The number of nitrogens with zero attached hydrogens (tertiary/aromatic N) is 1. The minimum atomic E-state index is 0.264. The maximum Gasteiger partial charge on any atom is 0.0700 e. The zero-order valence-electron chi connectivity index (χ0n) is 5.02. The van der Waals surface area contributed by atoms with Crippen molar-refractivity contribution in [1.29, 1.82) is 5.26 Å². The van der Waals surface area contributed by atoms with Crippen LogP contribution in [0.3, 0.4) is 0 Å². The molecule has 1 heteroatoms. The molecule has 0 saturated heterocycles. The quantitative estimate of drug-likeness (QED) is 0.433. The summed E-state index contributed by atoms with van der Waals surface area (Å²) in [7, 11) is 0. The molecule has 1 aliphatic carbocycles. The Balaban J connectivity index is 2.53. The van der Waals surface area contributed by atoms with E-state index in [4.69, 9.17) is 5.26 Å². The Morgan fingerprint density at radius 1 is 1.88 bits per heavy atom. The van der Waals surface area contributed by atoms with Crippen LogP contribution < -0.4 is 0 Å². The molecule has 1 nitrogen and oxygen atoms in total. The zero-order valence-corrected chi connectivity index (χ0v) is 5.02. The number of hydrogen-bond donors (Lipinski definition) is 0. The molecule has 1 unspecified atom stereocenters. The van der Waals surface area contributed by atoms with Crippen molar-refractivity contribution in [1.82, 2.24) is 0 Å². The highest BCUT2D eigenvalue weighted by atomic mass is 14.3. The van der Waals surface area contributed by atoms with Crippen molar-refractivity contribution in [2.75, 3.05) is 0 Å². The third kappa shape index (κ3) is 0.626. The molecule has 0 spiro atoms. The lowest BCUT2D eigenvalue weighted by molar-refractivity contribution is 0.542. The van der Waals surface area contributed by atoms with Crippen molar-refractivity contribution in [2.24, 2.45) is 5.92 Å². The fourth-order valence-corrected chi connectivity index (χ4v) is 0.948. The first-order valence-electron chi connectivity index (χ1n) is 2.93. The molecule has 0 amide bonds. The van der Waals surface area contributed by atoms with Crippen molar-refractivity contribution in [2.45, 2.75) is 19.8 Å². The third-order valence-corrected chi connectivity index (χ3v) is 1.70. The van der Waals surface area contributed by atoms with Gasteiger partial charge in [0.05, 0.1) is 12.0 Å². The molecule has 0 bridgehead atoms. The Bertz CT molecular complexity index is 150. The van der Waals surface area contributed by atoms with E-state index in [1.807, 2.05) is 6.92 Å². The smallest absolute Gasteiger partial charge is 0.0700 e. The highest BCUT2D eigenvalue weighted by molar-refractivity contribution is 5.21. The zero-order chi connectivity index (χ0) is 5.98. The highest BCUT2D eigenvalue weighted by Crippen LogP contribution is 2.31. The van der Waals surface area contributed by atoms with E-state index in [0.29, 0.717) is 0 Å². The first-order valence-corrected chi connectivity index (χ1v) is 2.93. The van der Waals surface area contributed by atoms with Gasteiger partial charge >= 0.3 is 0 Å². The minimum Gasteiger partial charge on any atom is -0.198 e. The van der Waals surface area contributed by atoms with E-state index < -0.39 is 0 Å². The van der Waals surface area contributed by atoms with Crippen LogP contribution in [0.2, 0.25) is 0 Å². The van der Waals surface area contributed by atoms with E-state index in [0.717, 1.165) is 12.8 Å². The Hall–Kier alpha value is -0.770. The number of nitriles is 1. The van der Waals surface area contributed by atoms with Gasteiger partial charge < -0.3 is 0 Å². The second kappa shape index (κ2) is 2.00. The predicted molar refractivity (Wildman–Crippen MR) is 32.1 cm³/mol. The molecule has 8 heavy (non-hydrogen) atoms. The fourth-order valence-electron chi connectivity index (χ4n) is 0.948. The molecule has 1 rings (SSSR count). The lowest BCUT2D eigenvalue weighted by Gasteiger charge is -2.22. The second-order valence-electron chi connectivity index (χ2n) is 2.08. The summed E-state index contributed by atoms with van der Waals surface area (Å²) in [6, 6.07) is 2.23. The highest BCUT2D eigenvalue weighted by Gasteiger charge is 2.21. The van der Waals surface area contributed by atoms with Gasteiger partial charge in [0.25, 0.3) is 0 Å². The van der Waals surface area contributed by atoms with E-state index in [2.05, 4.69) is 12.1 Å². The average molecular weight is 107 g/mol. The van der Waals surface area contributed by atoms with Crippen LogP contribution in [0.25, 0.3) is 0 Å². The average Bonchev–Trinajstić information content (AvgIpc) is 1.66. The molecule has 1 aliphatic rings. The molecule has 0 heterocycles. The Morgan fingerprint density at radius 3 is 2.75 bits per heavy atom. The van der Waals surface area contributed by atoms with Gasteiger partial charge in [-0.2, -0.15) is 5.26 Å². The van der Waals surface area contributed by atoms with E-state index in [-0.39, 0.29) is 5.92 Å². The van der Waals surface area contributed by atoms with Crippen LogP contribution >= 0.6 is 0 Å². The summed E-state index contributed by atoms with van der Waals surface area (Å²) < 4.78 is 0. The monoisotopic (exact) mass is 107 g/mol. The van der Waals surface area contributed by atoms with Crippen LogP contribution in [0.5, 0.6) is 0 Å². The van der Waals surface area contributed by atoms with Crippen LogP contribution in [0, 0.1) is 17.2 Å². The Morgan fingerprint density at radius 2 is 2.62 bits per heavy atom. The van der Waals surface area contributed by atoms with E-state index in [1.165, 1.54) is 5.57 Å². The van der Waals surface area contributed by atoms with Gasteiger partial charge in [0.1, 0.15) is 0 Å². The largest absolute Gasteiger partial charge is 0.198 e. The van der Waals surface area contributed by atoms with Crippen LogP contribution in [0.1, 0.15) is 19.8 Å². The van der Waals surface area contributed by atoms with Gasteiger partial charge in [-0.25, -0.2) is 0 Å². The minimum absolute atomic E-state index is 0.264. The Kier molecular flexibility index (Phi) is 1.34. The molecule has 0 aliphatic heterocycles. The summed E-state index contributed by atoms with van der Waals surface area (Å²) in [4.78, 5) is 0. The van der Waals surface area contributed by atoms with Crippen molar-refractivity contribution < 1.29 is 0 Å². The molecule has 0 aromatic carbocycles. The molecule has 0 aromatic heterocycles. The lowest BCUT2D eigenvalue weighted by Crippen LogP contribution is -2.12. The second-order valence-corrected chi connectivity index (χ2v) is 2.08. The van der Waals surface area contributed by atoms with Gasteiger partial charge in [0.2, 0.25) is 0 Å². The lowest BCUT2D eigenvalue weighted by atomic mass is 9.80. The molecular weight excluding hydrogens is 98.1 g/mol. The van der Waals surface area contributed by atoms with Crippen LogP contribution in [-0.2, 0) is 0 Å². The van der Waals surface area contributed by atoms with Crippen molar-refractivity contribution >= 4 is 0 Å².